The van der Waals surface area contributed by atoms with Crippen LogP contribution in [0.2, 0.25) is 0 Å². The lowest BCUT2D eigenvalue weighted by atomic mass is 10.2. The molecule has 2 heterocycles. The Labute approximate surface area is 129 Å². The van der Waals surface area contributed by atoms with Gasteiger partial charge in [-0.15, -0.1) is 0 Å². The van der Waals surface area contributed by atoms with E-state index in [0.717, 1.165) is 0 Å². The number of fused-ring (bicyclic) bond motifs is 1. The van der Waals surface area contributed by atoms with Gasteiger partial charge in [-0.1, -0.05) is 0 Å². The highest BCUT2D eigenvalue weighted by Gasteiger charge is 2.33. The summed E-state index contributed by atoms with van der Waals surface area (Å²) in [7, 11) is -3.32. The van der Waals surface area contributed by atoms with Crippen LogP contribution >= 0.6 is 0 Å². The molecular weight excluding hydrogens is 308 g/mol. The first-order chi connectivity index (χ1) is 10.5. The monoisotopic (exact) mass is 326 g/mol. The molecule has 0 bridgehead atoms. The summed E-state index contributed by atoms with van der Waals surface area (Å²) in [6, 6.07) is 4.90. The lowest BCUT2D eigenvalue weighted by Crippen LogP contribution is -2.37. The molecule has 0 aromatic heterocycles. The van der Waals surface area contributed by atoms with E-state index in [4.69, 9.17) is 9.47 Å². The Morgan fingerprint density at radius 3 is 2.73 bits per heavy atom. The molecule has 120 valence electrons. The van der Waals surface area contributed by atoms with Gasteiger partial charge in [0.25, 0.3) is 0 Å². The van der Waals surface area contributed by atoms with E-state index < -0.39 is 16.1 Å². The number of carbonyl (C=O) groups is 1. The van der Waals surface area contributed by atoms with Crippen molar-refractivity contribution in [3.8, 4) is 11.5 Å². The first kappa shape index (κ1) is 15.1. The fraction of sp³-hybridized carbons (Fsp3) is 0.500. The molecule has 2 aliphatic heterocycles. The number of rotatable bonds is 4. The Kier molecular flexibility index (Phi) is 3.96. The zero-order chi connectivity index (χ0) is 15.7. The van der Waals surface area contributed by atoms with E-state index in [1.165, 1.54) is 0 Å². The van der Waals surface area contributed by atoms with Crippen LogP contribution in [0.4, 0.5) is 5.69 Å². The van der Waals surface area contributed by atoms with Gasteiger partial charge in [0.1, 0.15) is 13.2 Å². The van der Waals surface area contributed by atoms with Gasteiger partial charge in [-0.2, -0.15) is 0 Å². The van der Waals surface area contributed by atoms with Crippen molar-refractivity contribution in [2.75, 3.05) is 30.4 Å². The Bertz CT molecular complexity index is 688. The van der Waals surface area contributed by atoms with Crippen molar-refractivity contribution in [3.05, 3.63) is 18.2 Å². The summed E-state index contributed by atoms with van der Waals surface area (Å²) < 4.78 is 36.7. The Morgan fingerprint density at radius 2 is 2.00 bits per heavy atom. The van der Waals surface area contributed by atoms with Crippen LogP contribution in [-0.4, -0.2) is 45.9 Å². The zero-order valence-corrected chi connectivity index (χ0v) is 13.1. The van der Waals surface area contributed by atoms with Gasteiger partial charge < -0.3 is 14.4 Å². The van der Waals surface area contributed by atoms with Crippen LogP contribution in [0.5, 0.6) is 11.5 Å². The summed E-state index contributed by atoms with van der Waals surface area (Å²) in [6.07, 6.45) is 0.160. The van der Waals surface area contributed by atoms with E-state index in [1.54, 1.807) is 30.0 Å². The van der Waals surface area contributed by atoms with Crippen LogP contribution < -0.4 is 19.1 Å². The standard InChI is InChI=1S/C14H18N2O5S/c1-2-22(18,19)15-10-7-14(17)16(9-10)11-3-4-12-13(8-11)21-6-5-20-12/h3-4,8,10,15H,2,5-7,9H2,1H3. The maximum atomic E-state index is 12.1. The quantitative estimate of drug-likeness (QED) is 0.871. The second-order valence-electron chi connectivity index (χ2n) is 5.25. The number of carbonyl (C=O) groups excluding carboxylic acids is 1. The Balaban J connectivity index is 1.77. The molecule has 0 aliphatic carbocycles. The van der Waals surface area contributed by atoms with Crippen molar-refractivity contribution >= 4 is 21.6 Å². The third-order valence-electron chi connectivity index (χ3n) is 3.69. The topological polar surface area (TPSA) is 84.9 Å². The van der Waals surface area contributed by atoms with Crippen molar-refractivity contribution in [1.29, 1.82) is 0 Å². The van der Waals surface area contributed by atoms with Crippen molar-refractivity contribution in [2.24, 2.45) is 0 Å². The van der Waals surface area contributed by atoms with Crippen LogP contribution in [0, 0.1) is 0 Å². The van der Waals surface area contributed by atoms with E-state index >= 15 is 0 Å². The van der Waals surface area contributed by atoms with Crippen molar-refractivity contribution in [3.63, 3.8) is 0 Å². The van der Waals surface area contributed by atoms with E-state index in [0.29, 0.717) is 36.9 Å². The number of hydrogen-bond donors (Lipinski definition) is 1. The molecule has 8 heteroatoms. The van der Waals surface area contributed by atoms with Crippen LogP contribution in [0.25, 0.3) is 0 Å². The largest absolute Gasteiger partial charge is 0.486 e. The summed E-state index contributed by atoms with van der Waals surface area (Å²) in [5.74, 6) is 1.15. The number of ether oxygens (including phenoxy) is 2. The van der Waals surface area contributed by atoms with Gasteiger partial charge in [-0.3, -0.25) is 4.79 Å². The van der Waals surface area contributed by atoms with E-state index in [9.17, 15) is 13.2 Å². The van der Waals surface area contributed by atoms with Gasteiger partial charge in [-0.05, 0) is 19.1 Å². The molecule has 1 fully saturated rings. The molecule has 2 aliphatic rings. The van der Waals surface area contributed by atoms with Crippen LogP contribution in [0.15, 0.2) is 18.2 Å². The molecule has 0 spiro atoms. The summed E-state index contributed by atoms with van der Waals surface area (Å²) in [4.78, 5) is 13.7. The predicted octanol–water partition coefficient (Wildman–Crippen LogP) is 0.502. The van der Waals surface area contributed by atoms with Crippen LogP contribution in [0.1, 0.15) is 13.3 Å². The minimum Gasteiger partial charge on any atom is -0.486 e. The summed E-state index contributed by atoms with van der Waals surface area (Å²) in [6.45, 7) is 2.87. The first-order valence-corrected chi connectivity index (χ1v) is 8.84. The van der Waals surface area contributed by atoms with Gasteiger partial charge in [0.05, 0.1) is 5.75 Å². The number of benzene rings is 1. The third-order valence-corrected chi connectivity index (χ3v) is 5.14. The molecule has 7 nitrogen and oxygen atoms in total. The number of amides is 1. The summed E-state index contributed by atoms with van der Waals surface area (Å²) in [5, 5.41) is 0. The molecular formula is C14H18N2O5S. The van der Waals surface area contributed by atoms with Crippen LogP contribution in [0.3, 0.4) is 0 Å². The Morgan fingerprint density at radius 1 is 1.27 bits per heavy atom. The van der Waals surface area contributed by atoms with E-state index in [1.807, 2.05) is 0 Å². The molecule has 1 saturated heterocycles. The lowest BCUT2D eigenvalue weighted by molar-refractivity contribution is -0.117. The van der Waals surface area contributed by atoms with Gasteiger partial charge in [-0.25, -0.2) is 13.1 Å². The lowest BCUT2D eigenvalue weighted by Gasteiger charge is -2.22. The van der Waals surface area contributed by atoms with E-state index in [-0.39, 0.29) is 18.1 Å². The maximum absolute atomic E-state index is 12.1. The fourth-order valence-electron chi connectivity index (χ4n) is 2.57. The van der Waals surface area contributed by atoms with Gasteiger partial charge >= 0.3 is 0 Å². The number of nitrogens with zero attached hydrogens (tertiary/aromatic N) is 1. The molecule has 0 saturated carbocycles. The first-order valence-electron chi connectivity index (χ1n) is 7.18. The highest BCUT2D eigenvalue weighted by atomic mass is 32.2. The number of sulfonamides is 1. The fourth-order valence-corrected chi connectivity index (χ4v) is 3.41. The average Bonchev–Trinajstić information content (AvgIpc) is 2.86. The third kappa shape index (κ3) is 3.02. The Hall–Kier alpha value is -1.80. The van der Waals surface area contributed by atoms with Gasteiger partial charge in [0.15, 0.2) is 11.5 Å². The molecule has 1 unspecified atom stereocenters. The second-order valence-corrected chi connectivity index (χ2v) is 7.30. The van der Waals surface area contributed by atoms with Gasteiger partial charge in [0.2, 0.25) is 15.9 Å². The minimum atomic E-state index is -3.32. The molecule has 3 rings (SSSR count). The smallest absolute Gasteiger partial charge is 0.228 e. The molecule has 22 heavy (non-hydrogen) atoms. The summed E-state index contributed by atoms with van der Waals surface area (Å²) >= 11 is 0. The average molecular weight is 326 g/mol. The molecule has 1 aromatic carbocycles. The highest BCUT2D eigenvalue weighted by Crippen LogP contribution is 2.35. The van der Waals surface area contributed by atoms with Crippen LogP contribution in [-0.2, 0) is 14.8 Å². The normalized spacial score (nSPS) is 21.2. The summed E-state index contributed by atoms with van der Waals surface area (Å²) in [5.41, 5.74) is 0.687. The molecule has 1 amide bonds. The minimum absolute atomic E-state index is 0.00170. The second kappa shape index (κ2) is 5.77. The molecule has 1 atom stereocenters. The number of nitrogens with one attached hydrogen (secondary N) is 1. The molecule has 1 N–H and O–H groups in total. The predicted molar refractivity (Wildman–Crippen MR) is 80.8 cm³/mol. The number of hydrogen-bond acceptors (Lipinski definition) is 5. The zero-order valence-electron chi connectivity index (χ0n) is 12.2. The SMILES string of the molecule is CCS(=O)(=O)NC1CC(=O)N(c2ccc3c(c2)OCCO3)C1. The molecule has 0 radical (unpaired) electrons. The maximum Gasteiger partial charge on any atom is 0.228 e. The van der Waals surface area contributed by atoms with Crippen molar-refractivity contribution in [1.82, 2.24) is 4.72 Å². The van der Waals surface area contributed by atoms with Gasteiger partial charge in [0, 0.05) is 30.8 Å². The molecule has 1 aromatic rings. The van der Waals surface area contributed by atoms with Crippen molar-refractivity contribution in [2.45, 2.75) is 19.4 Å². The number of anilines is 1. The van der Waals surface area contributed by atoms with Crippen molar-refractivity contribution < 1.29 is 22.7 Å². The van der Waals surface area contributed by atoms with E-state index in [2.05, 4.69) is 4.72 Å². The highest BCUT2D eigenvalue weighted by molar-refractivity contribution is 7.89.